The van der Waals surface area contributed by atoms with Crippen molar-refractivity contribution in [2.45, 2.75) is 0 Å². The van der Waals surface area contributed by atoms with E-state index in [1.165, 1.54) is 24.4 Å². The Bertz CT molecular complexity index is 471. The first kappa shape index (κ1) is 8.61. The number of carbonyl (C=O) groups is 1. The lowest BCUT2D eigenvalue weighted by Gasteiger charge is -1.97. The standard InChI is InChI=1S/C8H9N3O3/c1-9-8(12)5-3-11(13-2)7-6(5)14-4-10-7/h3-4H,1-2H3,(H,9,12). The molecule has 0 saturated heterocycles. The predicted molar refractivity (Wildman–Crippen MR) is 47.9 cm³/mol. The molecule has 0 saturated carbocycles. The fourth-order valence-corrected chi connectivity index (χ4v) is 1.25. The van der Waals surface area contributed by atoms with Crippen molar-refractivity contribution in [3.8, 4) is 0 Å². The van der Waals surface area contributed by atoms with E-state index >= 15 is 0 Å². The molecule has 0 fully saturated rings. The van der Waals surface area contributed by atoms with Crippen LogP contribution in [0.2, 0.25) is 0 Å². The molecule has 2 aromatic heterocycles. The van der Waals surface area contributed by atoms with Gasteiger partial charge in [0.25, 0.3) is 5.91 Å². The van der Waals surface area contributed by atoms with Crippen molar-refractivity contribution in [1.82, 2.24) is 15.0 Å². The average molecular weight is 195 g/mol. The van der Waals surface area contributed by atoms with Crippen molar-refractivity contribution in [2.75, 3.05) is 14.2 Å². The fourth-order valence-electron chi connectivity index (χ4n) is 1.25. The van der Waals surface area contributed by atoms with E-state index in [0.717, 1.165) is 0 Å². The molecule has 6 nitrogen and oxygen atoms in total. The Morgan fingerprint density at radius 2 is 2.50 bits per heavy atom. The molecule has 0 spiro atoms. The number of fused-ring (bicyclic) bond motifs is 1. The third-order valence-corrected chi connectivity index (χ3v) is 1.92. The van der Waals surface area contributed by atoms with Crippen LogP contribution in [0.1, 0.15) is 10.4 Å². The molecule has 2 aromatic rings. The van der Waals surface area contributed by atoms with Crippen LogP contribution >= 0.6 is 0 Å². The second-order valence-corrected chi connectivity index (χ2v) is 2.64. The molecule has 0 radical (unpaired) electrons. The van der Waals surface area contributed by atoms with E-state index in [9.17, 15) is 4.79 Å². The van der Waals surface area contributed by atoms with Crippen LogP contribution in [0, 0.1) is 0 Å². The second-order valence-electron chi connectivity index (χ2n) is 2.64. The molecular formula is C8H9N3O3. The number of hydrogen-bond donors (Lipinski definition) is 1. The predicted octanol–water partition coefficient (Wildman–Crippen LogP) is 0.0473. The summed E-state index contributed by atoms with van der Waals surface area (Å²) >= 11 is 0. The maximum Gasteiger partial charge on any atom is 0.256 e. The number of nitrogens with zero attached hydrogens (tertiary/aromatic N) is 2. The Morgan fingerprint density at radius 3 is 3.14 bits per heavy atom. The number of rotatable bonds is 2. The van der Waals surface area contributed by atoms with E-state index in [1.807, 2.05) is 0 Å². The van der Waals surface area contributed by atoms with Crippen molar-refractivity contribution in [3.05, 3.63) is 18.2 Å². The van der Waals surface area contributed by atoms with E-state index < -0.39 is 0 Å². The van der Waals surface area contributed by atoms with Gasteiger partial charge in [-0.1, -0.05) is 0 Å². The molecule has 2 heterocycles. The van der Waals surface area contributed by atoms with Crippen molar-refractivity contribution in [2.24, 2.45) is 0 Å². The lowest BCUT2D eigenvalue weighted by molar-refractivity contribution is 0.0961. The number of hydrogen-bond acceptors (Lipinski definition) is 4. The Morgan fingerprint density at radius 1 is 1.71 bits per heavy atom. The van der Waals surface area contributed by atoms with E-state index in [2.05, 4.69) is 10.3 Å². The van der Waals surface area contributed by atoms with Gasteiger partial charge in [0.2, 0.25) is 5.65 Å². The van der Waals surface area contributed by atoms with E-state index in [4.69, 9.17) is 9.25 Å². The molecule has 14 heavy (non-hydrogen) atoms. The Hall–Kier alpha value is -1.98. The highest BCUT2D eigenvalue weighted by molar-refractivity contribution is 6.03. The van der Waals surface area contributed by atoms with Crippen LogP contribution in [-0.2, 0) is 0 Å². The maximum absolute atomic E-state index is 11.4. The summed E-state index contributed by atoms with van der Waals surface area (Å²) in [5.74, 6) is -0.234. The maximum atomic E-state index is 11.4. The summed E-state index contributed by atoms with van der Waals surface area (Å²) < 4.78 is 6.46. The van der Waals surface area contributed by atoms with Gasteiger partial charge in [-0.15, -0.1) is 0 Å². The van der Waals surface area contributed by atoms with Gasteiger partial charge in [-0.2, -0.15) is 9.71 Å². The number of aromatic nitrogens is 2. The minimum absolute atomic E-state index is 0.234. The van der Waals surface area contributed by atoms with Crippen LogP contribution in [0.4, 0.5) is 0 Å². The molecule has 74 valence electrons. The van der Waals surface area contributed by atoms with E-state index in [0.29, 0.717) is 16.8 Å². The number of amides is 1. The van der Waals surface area contributed by atoms with Crippen molar-refractivity contribution in [3.63, 3.8) is 0 Å². The molecule has 0 unspecified atom stereocenters. The Kier molecular flexibility index (Phi) is 1.88. The first-order chi connectivity index (χ1) is 6.77. The van der Waals surface area contributed by atoms with Crippen LogP contribution < -0.4 is 10.2 Å². The summed E-state index contributed by atoms with van der Waals surface area (Å²) in [6.07, 6.45) is 2.80. The molecule has 0 bridgehead atoms. The van der Waals surface area contributed by atoms with Gasteiger partial charge in [-0.3, -0.25) is 4.79 Å². The summed E-state index contributed by atoms with van der Waals surface area (Å²) in [7, 11) is 3.04. The van der Waals surface area contributed by atoms with Crippen molar-refractivity contribution < 1.29 is 14.0 Å². The quantitative estimate of drug-likeness (QED) is 0.734. The topological polar surface area (TPSA) is 69.3 Å². The third kappa shape index (κ3) is 1.04. The molecule has 6 heteroatoms. The van der Waals surface area contributed by atoms with Crippen LogP contribution in [-0.4, -0.2) is 29.8 Å². The summed E-state index contributed by atoms with van der Waals surface area (Å²) in [5.41, 5.74) is 1.32. The first-order valence-corrected chi connectivity index (χ1v) is 3.99. The van der Waals surface area contributed by atoms with Gasteiger partial charge in [0.15, 0.2) is 12.0 Å². The summed E-state index contributed by atoms with van der Waals surface area (Å²) in [6, 6.07) is 0. The Balaban J connectivity index is 2.64. The molecular weight excluding hydrogens is 186 g/mol. The summed E-state index contributed by atoms with van der Waals surface area (Å²) in [6.45, 7) is 0. The highest BCUT2D eigenvalue weighted by Crippen LogP contribution is 2.18. The van der Waals surface area contributed by atoms with Gasteiger partial charge >= 0.3 is 0 Å². The smallest absolute Gasteiger partial charge is 0.256 e. The zero-order valence-electron chi connectivity index (χ0n) is 7.77. The Labute approximate surface area is 79.4 Å². The number of carbonyl (C=O) groups excluding carboxylic acids is 1. The summed E-state index contributed by atoms with van der Waals surface area (Å²) in [4.78, 5) is 20.3. The molecule has 0 aromatic carbocycles. The minimum atomic E-state index is -0.234. The zero-order valence-corrected chi connectivity index (χ0v) is 7.77. The van der Waals surface area contributed by atoms with Crippen molar-refractivity contribution in [1.29, 1.82) is 0 Å². The van der Waals surface area contributed by atoms with E-state index in [-0.39, 0.29) is 5.91 Å². The van der Waals surface area contributed by atoms with Gasteiger partial charge in [-0.05, 0) is 0 Å². The highest BCUT2D eigenvalue weighted by atomic mass is 16.6. The SMILES string of the molecule is CNC(=O)c1cn(OC)c2ncoc12. The molecule has 0 aliphatic rings. The van der Waals surface area contributed by atoms with Crippen LogP contribution in [0.25, 0.3) is 11.2 Å². The fraction of sp³-hybridized carbons (Fsp3) is 0.250. The molecule has 0 aliphatic carbocycles. The number of oxazole rings is 1. The molecule has 1 amide bonds. The number of nitrogens with one attached hydrogen (secondary N) is 1. The third-order valence-electron chi connectivity index (χ3n) is 1.92. The molecule has 0 aliphatic heterocycles. The molecule has 1 N–H and O–H groups in total. The molecule has 2 rings (SSSR count). The van der Waals surface area contributed by atoms with Crippen LogP contribution in [0.5, 0.6) is 0 Å². The summed E-state index contributed by atoms with van der Waals surface area (Å²) in [5, 5.41) is 2.51. The normalized spacial score (nSPS) is 10.4. The minimum Gasteiger partial charge on any atom is -0.441 e. The monoisotopic (exact) mass is 195 g/mol. The van der Waals surface area contributed by atoms with Gasteiger partial charge in [0.05, 0.1) is 6.20 Å². The van der Waals surface area contributed by atoms with Gasteiger partial charge in [0.1, 0.15) is 12.7 Å². The van der Waals surface area contributed by atoms with Gasteiger partial charge in [-0.25, -0.2) is 0 Å². The highest BCUT2D eigenvalue weighted by Gasteiger charge is 2.18. The largest absolute Gasteiger partial charge is 0.441 e. The van der Waals surface area contributed by atoms with Crippen LogP contribution in [0.3, 0.4) is 0 Å². The average Bonchev–Trinajstić information content (AvgIpc) is 2.76. The van der Waals surface area contributed by atoms with Gasteiger partial charge in [0, 0.05) is 7.05 Å². The van der Waals surface area contributed by atoms with E-state index in [1.54, 1.807) is 7.05 Å². The first-order valence-electron chi connectivity index (χ1n) is 3.99. The van der Waals surface area contributed by atoms with Crippen molar-refractivity contribution >= 4 is 17.1 Å². The molecule has 0 atom stereocenters. The second kappa shape index (κ2) is 3.06. The zero-order chi connectivity index (χ0) is 10.1. The van der Waals surface area contributed by atoms with Gasteiger partial charge < -0.3 is 14.6 Å². The lowest BCUT2D eigenvalue weighted by Crippen LogP contribution is -2.17. The lowest BCUT2D eigenvalue weighted by atomic mass is 10.3. The van der Waals surface area contributed by atoms with Crippen LogP contribution in [0.15, 0.2) is 17.0 Å².